The van der Waals surface area contributed by atoms with Crippen LogP contribution >= 0.6 is 11.8 Å². The van der Waals surface area contributed by atoms with E-state index in [4.69, 9.17) is 5.11 Å². The SMILES string of the molecule is Cc1nn(CC(=O)O)c(SCc2ccc(F)cc2)nc1=O. The van der Waals surface area contributed by atoms with Crippen LogP contribution < -0.4 is 5.56 Å². The summed E-state index contributed by atoms with van der Waals surface area (Å²) in [5.74, 6) is -0.977. The zero-order chi connectivity index (χ0) is 15.4. The Kier molecular flexibility index (Phi) is 4.69. The van der Waals surface area contributed by atoms with Gasteiger partial charge in [0, 0.05) is 5.75 Å². The largest absolute Gasteiger partial charge is 0.480 e. The summed E-state index contributed by atoms with van der Waals surface area (Å²) in [6, 6.07) is 5.90. The number of aliphatic carboxylic acids is 1. The molecule has 2 aromatic rings. The highest BCUT2D eigenvalue weighted by Crippen LogP contribution is 2.19. The number of rotatable bonds is 5. The van der Waals surface area contributed by atoms with E-state index >= 15 is 0 Å². The molecular weight excluding hydrogens is 297 g/mol. The molecule has 1 N–H and O–H groups in total. The third-order valence-corrected chi connectivity index (χ3v) is 3.60. The minimum absolute atomic E-state index is 0.141. The molecule has 0 bridgehead atoms. The smallest absolute Gasteiger partial charge is 0.325 e. The van der Waals surface area contributed by atoms with Crippen LogP contribution in [0.5, 0.6) is 0 Å². The van der Waals surface area contributed by atoms with Gasteiger partial charge in [0.15, 0.2) is 5.16 Å². The first-order valence-corrected chi connectivity index (χ1v) is 6.99. The van der Waals surface area contributed by atoms with Gasteiger partial charge in [0.05, 0.1) is 0 Å². The fraction of sp³-hybridized carbons (Fsp3) is 0.231. The highest BCUT2D eigenvalue weighted by Gasteiger charge is 2.11. The maximum Gasteiger partial charge on any atom is 0.325 e. The number of benzene rings is 1. The van der Waals surface area contributed by atoms with Crippen molar-refractivity contribution < 1.29 is 14.3 Å². The number of aryl methyl sites for hydroxylation is 1. The molecule has 0 atom stereocenters. The molecule has 0 aliphatic rings. The Morgan fingerprint density at radius 2 is 2.05 bits per heavy atom. The lowest BCUT2D eigenvalue weighted by atomic mass is 10.2. The Labute approximate surface area is 123 Å². The molecule has 8 heteroatoms. The van der Waals surface area contributed by atoms with Gasteiger partial charge in [-0.15, -0.1) is 0 Å². The van der Waals surface area contributed by atoms with Crippen molar-refractivity contribution in [1.82, 2.24) is 14.8 Å². The lowest BCUT2D eigenvalue weighted by Gasteiger charge is -2.09. The molecule has 0 saturated carbocycles. The van der Waals surface area contributed by atoms with Gasteiger partial charge in [0.2, 0.25) is 0 Å². The predicted octanol–water partition coefficient (Wildman–Crippen LogP) is 1.46. The molecule has 2 rings (SSSR count). The summed E-state index contributed by atoms with van der Waals surface area (Å²) in [5, 5.41) is 13.0. The molecule has 0 fully saturated rings. The fourth-order valence-corrected chi connectivity index (χ4v) is 2.45. The van der Waals surface area contributed by atoms with Crippen molar-refractivity contribution in [2.24, 2.45) is 0 Å². The highest BCUT2D eigenvalue weighted by molar-refractivity contribution is 7.98. The van der Waals surface area contributed by atoms with E-state index in [1.54, 1.807) is 12.1 Å². The van der Waals surface area contributed by atoms with Gasteiger partial charge >= 0.3 is 5.97 Å². The summed E-state index contributed by atoms with van der Waals surface area (Å²) in [6.45, 7) is 1.10. The van der Waals surface area contributed by atoms with E-state index in [-0.39, 0.29) is 23.2 Å². The lowest BCUT2D eigenvalue weighted by molar-refractivity contribution is -0.138. The maximum absolute atomic E-state index is 12.8. The number of halogens is 1. The van der Waals surface area contributed by atoms with Crippen LogP contribution in [0.2, 0.25) is 0 Å². The van der Waals surface area contributed by atoms with E-state index in [1.807, 2.05) is 0 Å². The van der Waals surface area contributed by atoms with Crippen LogP contribution in [-0.2, 0) is 17.1 Å². The van der Waals surface area contributed by atoms with Crippen LogP contribution in [0.4, 0.5) is 4.39 Å². The van der Waals surface area contributed by atoms with Crippen LogP contribution in [0.1, 0.15) is 11.3 Å². The molecule has 0 spiro atoms. The molecule has 0 unspecified atom stereocenters. The van der Waals surface area contributed by atoms with E-state index in [9.17, 15) is 14.0 Å². The third kappa shape index (κ3) is 4.12. The molecule has 6 nitrogen and oxygen atoms in total. The predicted molar refractivity (Wildman–Crippen MR) is 74.6 cm³/mol. The fourth-order valence-electron chi connectivity index (χ4n) is 1.56. The van der Waals surface area contributed by atoms with Gasteiger partial charge in [-0.2, -0.15) is 10.1 Å². The molecule has 0 amide bonds. The van der Waals surface area contributed by atoms with E-state index in [0.717, 1.165) is 5.56 Å². The van der Waals surface area contributed by atoms with Crippen molar-refractivity contribution in [2.75, 3.05) is 0 Å². The molecule has 1 heterocycles. The van der Waals surface area contributed by atoms with Crippen LogP contribution in [0.25, 0.3) is 0 Å². The van der Waals surface area contributed by atoms with E-state index in [1.165, 1.54) is 35.5 Å². The standard InChI is InChI=1S/C13H12FN3O3S/c1-8-12(20)15-13(17(16-8)6-11(18)19)21-7-9-2-4-10(14)5-3-9/h2-5H,6-7H2,1H3,(H,18,19). The van der Waals surface area contributed by atoms with E-state index < -0.39 is 11.5 Å². The van der Waals surface area contributed by atoms with Crippen LogP contribution in [0.3, 0.4) is 0 Å². The monoisotopic (exact) mass is 309 g/mol. The topological polar surface area (TPSA) is 85.1 Å². The summed E-state index contributed by atoms with van der Waals surface area (Å²) >= 11 is 1.17. The van der Waals surface area contributed by atoms with Crippen molar-refractivity contribution in [3.05, 3.63) is 51.7 Å². The molecule has 0 saturated heterocycles. The first kappa shape index (κ1) is 15.2. The molecule has 0 radical (unpaired) electrons. The van der Waals surface area contributed by atoms with Crippen molar-refractivity contribution >= 4 is 17.7 Å². The summed E-state index contributed by atoms with van der Waals surface area (Å²) in [6.07, 6.45) is 0. The Balaban J connectivity index is 2.21. The van der Waals surface area contributed by atoms with Crippen molar-refractivity contribution in [2.45, 2.75) is 24.4 Å². The summed E-state index contributed by atoms with van der Waals surface area (Å²) in [7, 11) is 0. The second-order valence-electron chi connectivity index (χ2n) is 4.25. The highest BCUT2D eigenvalue weighted by atomic mass is 32.2. The average molecular weight is 309 g/mol. The zero-order valence-corrected chi connectivity index (χ0v) is 11.9. The molecule has 110 valence electrons. The second kappa shape index (κ2) is 6.49. The van der Waals surface area contributed by atoms with E-state index in [0.29, 0.717) is 5.75 Å². The Hall–Kier alpha value is -2.22. The van der Waals surface area contributed by atoms with Crippen molar-refractivity contribution in [3.63, 3.8) is 0 Å². The zero-order valence-electron chi connectivity index (χ0n) is 11.1. The summed E-state index contributed by atoms with van der Waals surface area (Å²) in [4.78, 5) is 26.2. The Morgan fingerprint density at radius 1 is 1.38 bits per heavy atom. The lowest BCUT2D eigenvalue weighted by Crippen LogP contribution is -2.23. The van der Waals surface area contributed by atoms with Gasteiger partial charge in [-0.25, -0.2) is 9.07 Å². The summed E-state index contributed by atoms with van der Waals surface area (Å²) in [5.41, 5.74) is 0.485. The number of thioether (sulfide) groups is 1. The van der Waals surface area contributed by atoms with Crippen molar-refractivity contribution in [1.29, 1.82) is 0 Å². The van der Waals surface area contributed by atoms with Crippen LogP contribution in [-0.4, -0.2) is 25.8 Å². The Morgan fingerprint density at radius 3 is 2.67 bits per heavy atom. The first-order chi connectivity index (χ1) is 9.95. The molecule has 1 aromatic carbocycles. The second-order valence-corrected chi connectivity index (χ2v) is 5.19. The third-order valence-electron chi connectivity index (χ3n) is 2.56. The number of aromatic nitrogens is 3. The van der Waals surface area contributed by atoms with Gasteiger partial charge < -0.3 is 5.11 Å². The van der Waals surface area contributed by atoms with Crippen molar-refractivity contribution in [3.8, 4) is 0 Å². The number of carboxylic acid groups (broad SMARTS) is 1. The quantitative estimate of drug-likeness (QED) is 0.842. The maximum atomic E-state index is 12.8. The van der Waals surface area contributed by atoms with Gasteiger partial charge in [-0.1, -0.05) is 23.9 Å². The average Bonchev–Trinajstić information content (AvgIpc) is 2.42. The normalized spacial score (nSPS) is 10.6. The molecular formula is C13H12FN3O3S. The number of carbonyl (C=O) groups is 1. The number of hydrogen-bond acceptors (Lipinski definition) is 5. The van der Waals surface area contributed by atoms with Crippen LogP contribution in [0.15, 0.2) is 34.2 Å². The van der Waals surface area contributed by atoms with E-state index in [2.05, 4.69) is 10.1 Å². The van der Waals surface area contributed by atoms with Gasteiger partial charge in [0.1, 0.15) is 18.1 Å². The van der Waals surface area contributed by atoms with Gasteiger partial charge in [0.25, 0.3) is 5.56 Å². The Bertz CT molecular complexity index is 716. The number of nitrogens with zero attached hydrogens (tertiary/aromatic N) is 3. The van der Waals surface area contributed by atoms with Gasteiger partial charge in [-0.05, 0) is 24.6 Å². The minimum atomic E-state index is -1.07. The van der Waals surface area contributed by atoms with Gasteiger partial charge in [-0.3, -0.25) is 9.59 Å². The summed E-state index contributed by atoms with van der Waals surface area (Å²) < 4.78 is 14.0. The van der Waals surface area contributed by atoms with Crippen LogP contribution in [0, 0.1) is 12.7 Å². The first-order valence-electron chi connectivity index (χ1n) is 6.00. The molecule has 0 aliphatic heterocycles. The molecule has 0 aliphatic carbocycles. The number of carboxylic acids is 1. The molecule has 21 heavy (non-hydrogen) atoms. The molecule has 1 aromatic heterocycles. The minimum Gasteiger partial charge on any atom is -0.480 e. The number of hydrogen-bond donors (Lipinski definition) is 1.